The number of aromatic nitrogens is 2. The Bertz CT molecular complexity index is 491. The fraction of sp³-hybridized carbons (Fsp3) is 0.250. The van der Waals surface area contributed by atoms with Crippen molar-refractivity contribution in [1.29, 1.82) is 0 Å². The van der Waals surface area contributed by atoms with Gasteiger partial charge in [-0.2, -0.15) is 0 Å². The molecule has 4 nitrogen and oxygen atoms in total. The molecule has 0 amide bonds. The molecule has 0 unspecified atom stereocenters. The first kappa shape index (κ1) is 10.5. The fourth-order valence-electron chi connectivity index (χ4n) is 1.69. The number of nitrogens with two attached hydrogens (primary N) is 1. The maximum Gasteiger partial charge on any atom is 0.149 e. The number of hydrogen-bond donors (Lipinski definition) is 2. The van der Waals surface area contributed by atoms with Crippen LogP contribution in [0.4, 0.5) is 5.82 Å². The molecule has 2 aromatic rings. The maximum atomic E-state index is 5.79. The highest BCUT2D eigenvalue weighted by molar-refractivity contribution is 5.75. The van der Waals surface area contributed by atoms with Crippen molar-refractivity contribution in [3.63, 3.8) is 0 Å². The van der Waals surface area contributed by atoms with Crippen molar-refractivity contribution < 1.29 is 4.74 Å². The number of methoxy groups -OCH3 is 1. The van der Waals surface area contributed by atoms with Gasteiger partial charge in [0.25, 0.3) is 0 Å². The summed E-state index contributed by atoms with van der Waals surface area (Å²) in [5, 5.41) is 0. The van der Waals surface area contributed by atoms with Gasteiger partial charge in [-0.05, 0) is 24.1 Å². The minimum Gasteiger partial charge on any atom is -0.496 e. The third-order valence-corrected chi connectivity index (χ3v) is 2.61. The van der Waals surface area contributed by atoms with Gasteiger partial charge in [0.1, 0.15) is 11.6 Å². The Kier molecular flexibility index (Phi) is 2.81. The lowest BCUT2D eigenvalue weighted by Crippen LogP contribution is -1.94. The molecule has 0 saturated carbocycles. The zero-order valence-corrected chi connectivity index (χ0v) is 9.45. The number of ether oxygens (including phenoxy) is 1. The molecule has 16 heavy (non-hydrogen) atoms. The first-order valence-corrected chi connectivity index (χ1v) is 5.22. The van der Waals surface area contributed by atoms with Crippen LogP contribution in [-0.4, -0.2) is 17.1 Å². The minimum atomic E-state index is 0.492. The number of anilines is 1. The molecule has 0 aliphatic carbocycles. The number of aromatic amines is 1. The van der Waals surface area contributed by atoms with Crippen LogP contribution in [0.5, 0.6) is 5.75 Å². The summed E-state index contributed by atoms with van der Waals surface area (Å²) in [4.78, 5) is 7.02. The molecule has 0 fully saturated rings. The Hall–Kier alpha value is -1.97. The molecule has 2 rings (SSSR count). The van der Waals surface area contributed by atoms with Crippen LogP contribution in [0.15, 0.2) is 24.5 Å². The maximum absolute atomic E-state index is 5.79. The molecule has 84 valence electrons. The lowest BCUT2D eigenvalue weighted by Gasteiger charge is -2.09. The number of nitrogen functional groups attached to an aromatic ring is 1. The minimum absolute atomic E-state index is 0.492. The van der Waals surface area contributed by atoms with Gasteiger partial charge in [0.2, 0.25) is 0 Å². The van der Waals surface area contributed by atoms with E-state index in [0.717, 1.165) is 23.4 Å². The van der Waals surface area contributed by atoms with Gasteiger partial charge in [-0.3, -0.25) is 0 Å². The second-order valence-corrected chi connectivity index (χ2v) is 3.55. The number of aryl methyl sites for hydroxylation is 1. The zero-order valence-electron chi connectivity index (χ0n) is 9.45. The van der Waals surface area contributed by atoms with E-state index in [1.54, 1.807) is 13.4 Å². The molecule has 0 aliphatic rings. The second-order valence-electron chi connectivity index (χ2n) is 3.55. The molecular weight excluding hydrogens is 202 g/mol. The lowest BCUT2D eigenvalue weighted by molar-refractivity contribution is 0.416. The Morgan fingerprint density at radius 3 is 2.81 bits per heavy atom. The van der Waals surface area contributed by atoms with E-state index in [9.17, 15) is 0 Å². The van der Waals surface area contributed by atoms with Crippen molar-refractivity contribution in [3.05, 3.63) is 30.1 Å². The number of rotatable bonds is 3. The highest BCUT2D eigenvalue weighted by atomic mass is 16.5. The average molecular weight is 217 g/mol. The normalized spacial score (nSPS) is 10.4. The molecule has 1 heterocycles. The molecule has 4 heteroatoms. The predicted molar refractivity (Wildman–Crippen MR) is 64.4 cm³/mol. The Labute approximate surface area is 94.5 Å². The summed E-state index contributed by atoms with van der Waals surface area (Å²) in [5.74, 6) is 1.29. The van der Waals surface area contributed by atoms with Crippen molar-refractivity contribution in [2.24, 2.45) is 0 Å². The summed E-state index contributed by atoms with van der Waals surface area (Å²) in [6.45, 7) is 2.11. The van der Waals surface area contributed by atoms with Gasteiger partial charge in [0, 0.05) is 5.56 Å². The molecule has 0 spiro atoms. The van der Waals surface area contributed by atoms with E-state index in [1.165, 1.54) is 5.56 Å². The van der Waals surface area contributed by atoms with Gasteiger partial charge in [0.15, 0.2) is 0 Å². The van der Waals surface area contributed by atoms with Crippen LogP contribution < -0.4 is 10.5 Å². The molecule has 3 N–H and O–H groups in total. The summed E-state index contributed by atoms with van der Waals surface area (Å²) >= 11 is 0. The lowest BCUT2D eigenvalue weighted by atomic mass is 10.1. The number of nitrogens with one attached hydrogen (secondary N) is 1. The van der Waals surface area contributed by atoms with E-state index < -0.39 is 0 Å². The van der Waals surface area contributed by atoms with E-state index in [2.05, 4.69) is 29.0 Å². The summed E-state index contributed by atoms with van der Waals surface area (Å²) in [5.41, 5.74) is 8.80. The summed E-state index contributed by atoms with van der Waals surface area (Å²) in [6, 6.07) is 6.08. The zero-order chi connectivity index (χ0) is 11.5. The molecule has 0 aliphatic heterocycles. The van der Waals surface area contributed by atoms with Crippen LogP contribution in [0, 0.1) is 0 Å². The van der Waals surface area contributed by atoms with E-state index >= 15 is 0 Å². The largest absolute Gasteiger partial charge is 0.496 e. The van der Waals surface area contributed by atoms with Crippen LogP contribution in [0.1, 0.15) is 12.5 Å². The second kappa shape index (κ2) is 4.26. The van der Waals surface area contributed by atoms with E-state index in [4.69, 9.17) is 10.5 Å². The van der Waals surface area contributed by atoms with Crippen molar-refractivity contribution in [1.82, 2.24) is 9.97 Å². The highest BCUT2D eigenvalue weighted by Gasteiger charge is 2.11. The van der Waals surface area contributed by atoms with Gasteiger partial charge in [-0.25, -0.2) is 4.98 Å². The first-order chi connectivity index (χ1) is 7.76. The van der Waals surface area contributed by atoms with Crippen LogP contribution in [-0.2, 0) is 6.42 Å². The van der Waals surface area contributed by atoms with Crippen LogP contribution in [0.25, 0.3) is 11.3 Å². The number of benzene rings is 1. The van der Waals surface area contributed by atoms with Gasteiger partial charge in [0.05, 0.1) is 19.1 Å². The van der Waals surface area contributed by atoms with Gasteiger partial charge >= 0.3 is 0 Å². The standard InChI is InChI=1S/C12H15N3O/c1-3-8-4-5-10(16-2)9(6-8)11-12(13)15-7-14-11/h4-7H,3,13H2,1-2H3,(H,14,15). The van der Waals surface area contributed by atoms with Crippen LogP contribution in [0.3, 0.4) is 0 Å². The van der Waals surface area contributed by atoms with Gasteiger partial charge in [-0.1, -0.05) is 13.0 Å². The van der Waals surface area contributed by atoms with E-state index in [1.807, 2.05) is 6.07 Å². The van der Waals surface area contributed by atoms with Crippen LogP contribution in [0.2, 0.25) is 0 Å². The number of nitrogens with zero attached hydrogens (tertiary/aromatic N) is 1. The third-order valence-electron chi connectivity index (χ3n) is 2.61. The fourth-order valence-corrected chi connectivity index (χ4v) is 1.69. The summed E-state index contributed by atoms with van der Waals surface area (Å²) in [6.07, 6.45) is 2.56. The Balaban J connectivity index is 2.57. The number of H-pyrrole nitrogens is 1. The van der Waals surface area contributed by atoms with E-state index in [-0.39, 0.29) is 0 Å². The van der Waals surface area contributed by atoms with E-state index in [0.29, 0.717) is 5.82 Å². The van der Waals surface area contributed by atoms with Gasteiger partial charge in [-0.15, -0.1) is 0 Å². The Morgan fingerprint density at radius 1 is 1.44 bits per heavy atom. The highest BCUT2D eigenvalue weighted by Crippen LogP contribution is 2.32. The van der Waals surface area contributed by atoms with Crippen molar-refractivity contribution in [2.45, 2.75) is 13.3 Å². The monoisotopic (exact) mass is 217 g/mol. The van der Waals surface area contributed by atoms with Gasteiger partial charge < -0.3 is 15.5 Å². The molecule has 0 saturated heterocycles. The number of hydrogen-bond acceptors (Lipinski definition) is 3. The quantitative estimate of drug-likeness (QED) is 0.828. The van der Waals surface area contributed by atoms with Crippen molar-refractivity contribution in [2.75, 3.05) is 12.8 Å². The van der Waals surface area contributed by atoms with Crippen LogP contribution >= 0.6 is 0 Å². The third kappa shape index (κ3) is 1.74. The van der Waals surface area contributed by atoms with Crippen molar-refractivity contribution >= 4 is 5.82 Å². The summed E-state index contributed by atoms with van der Waals surface area (Å²) in [7, 11) is 1.65. The number of imidazole rings is 1. The summed E-state index contributed by atoms with van der Waals surface area (Å²) < 4.78 is 5.32. The smallest absolute Gasteiger partial charge is 0.149 e. The Morgan fingerprint density at radius 2 is 2.25 bits per heavy atom. The molecular formula is C12H15N3O. The molecule has 1 aromatic carbocycles. The molecule has 0 atom stereocenters. The molecule has 0 bridgehead atoms. The predicted octanol–water partition coefficient (Wildman–Crippen LogP) is 2.23. The topological polar surface area (TPSA) is 63.9 Å². The average Bonchev–Trinajstić information content (AvgIpc) is 2.74. The first-order valence-electron chi connectivity index (χ1n) is 5.22. The molecule has 1 aromatic heterocycles. The SMILES string of the molecule is CCc1ccc(OC)c(-c2[nH]cnc2N)c1. The molecule has 0 radical (unpaired) electrons. The van der Waals surface area contributed by atoms with Crippen molar-refractivity contribution in [3.8, 4) is 17.0 Å².